The summed E-state index contributed by atoms with van der Waals surface area (Å²) in [5.74, 6) is 0.926. The molecule has 3 aromatic rings. The summed E-state index contributed by atoms with van der Waals surface area (Å²) in [6, 6.07) is 10.6. The number of methoxy groups -OCH3 is 1. The maximum atomic E-state index is 12.3. The highest BCUT2D eigenvalue weighted by atomic mass is 35.5. The summed E-state index contributed by atoms with van der Waals surface area (Å²) in [5.41, 5.74) is 1.02. The van der Waals surface area contributed by atoms with E-state index in [4.69, 9.17) is 16.3 Å². The molecule has 0 unspecified atom stereocenters. The van der Waals surface area contributed by atoms with Crippen LogP contribution in [0.4, 0.5) is 8.78 Å². The van der Waals surface area contributed by atoms with Gasteiger partial charge < -0.3 is 9.47 Å². The SMILES string of the molecule is COc1ccc(Cl)cc1-c1nc(SCC(=O)c2ccc(OC(F)F)cc2)n[nH]1. The van der Waals surface area contributed by atoms with Crippen LogP contribution in [-0.4, -0.2) is 40.4 Å². The van der Waals surface area contributed by atoms with Gasteiger partial charge in [-0.05, 0) is 42.5 Å². The number of Topliss-reactive ketones (excluding diaryl/α,β-unsaturated/α-hetero) is 1. The molecule has 0 spiro atoms. The lowest BCUT2D eigenvalue weighted by Gasteiger charge is -2.05. The van der Waals surface area contributed by atoms with Gasteiger partial charge in [0.25, 0.3) is 0 Å². The molecule has 10 heteroatoms. The molecule has 1 aromatic heterocycles. The molecule has 146 valence electrons. The number of carbonyl (C=O) groups excluding carboxylic acids is 1. The zero-order valence-corrected chi connectivity index (χ0v) is 16.1. The fraction of sp³-hybridized carbons (Fsp3) is 0.167. The Morgan fingerprint density at radius 1 is 1.25 bits per heavy atom. The average molecular weight is 426 g/mol. The van der Waals surface area contributed by atoms with E-state index in [0.29, 0.717) is 32.9 Å². The van der Waals surface area contributed by atoms with Crippen LogP contribution in [0.25, 0.3) is 11.4 Å². The predicted octanol–water partition coefficient (Wildman–Crippen LogP) is 4.71. The lowest BCUT2D eigenvalue weighted by Crippen LogP contribution is -2.04. The molecule has 0 saturated carbocycles. The summed E-state index contributed by atoms with van der Waals surface area (Å²) in [5, 5.41) is 7.78. The minimum absolute atomic E-state index is 0.00622. The Balaban J connectivity index is 1.64. The highest BCUT2D eigenvalue weighted by molar-refractivity contribution is 7.99. The van der Waals surface area contributed by atoms with Gasteiger partial charge in [0, 0.05) is 10.6 Å². The normalized spacial score (nSPS) is 10.9. The predicted molar refractivity (Wildman–Crippen MR) is 102 cm³/mol. The Morgan fingerprint density at radius 3 is 2.68 bits per heavy atom. The molecule has 0 fully saturated rings. The summed E-state index contributed by atoms with van der Waals surface area (Å²) in [6.07, 6.45) is 0. The lowest BCUT2D eigenvalue weighted by atomic mass is 10.1. The minimum Gasteiger partial charge on any atom is -0.496 e. The van der Waals surface area contributed by atoms with Crippen molar-refractivity contribution < 1.29 is 23.0 Å². The first-order valence-corrected chi connectivity index (χ1v) is 9.30. The van der Waals surface area contributed by atoms with E-state index in [0.717, 1.165) is 11.8 Å². The van der Waals surface area contributed by atoms with Crippen molar-refractivity contribution in [3.63, 3.8) is 0 Å². The molecule has 6 nitrogen and oxygen atoms in total. The number of H-pyrrole nitrogens is 1. The molecule has 28 heavy (non-hydrogen) atoms. The molecule has 0 aliphatic rings. The van der Waals surface area contributed by atoms with E-state index in [1.807, 2.05) is 0 Å². The summed E-state index contributed by atoms with van der Waals surface area (Å²) in [6.45, 7) is -2.91. The van der Waals surface area contributed by atoms with Crippen molar-refractivity contribution in [3.05, 3.63) is 53.1 Å². The zero-order valence-electron chi connectivity index (χ0n) is 14.5. The number of carbonyl (C=O) groups is 1. The van der Waals surface area contributed by atoms with Crippen LogP contribution in [0.1, 0.15) is 10.4 Å². The highest BCUT2D eigenvalue weighted by Gasteiger charge is 2.14. The number of aromatic amines is 1. The van der Waals surface area contributed by atoms with Crippen molar-refractivity contribution in [3.8, 4) is 22.9 Å². The Labute approximate surface area is 168 Å². The van der Waals surface area contributed by atoms with Gasteiger partial charge in [0.2, 0.25) is 5.16 Å². The number of hydrogen-bond donors (Lipinski definition) is 1. The van der Waals surface area contributed by atoms with Gasteiger partial charge in [0.05, 0.1) is 18.4 Å². The van der Waals surface area contributed by atoms with Crippen molar-refractivity contribution in [2.75, 3.05) is 12.9 Å². The standard InChI is InChI=1S/C18H14ClF2N3O3S/c1-26-15-7-4-11(19)8-13(15)16-22-18(24-23-16)28-9-14(25)10-2-5-12(6-3-10)27-17(20)21/h2-8,17H,9H2,1H3,(H,22,23,24). The van der Waals surface area contributed by atoms with E-state index in [2.05, 4.69) is 19.9 Å². The first-order valence-electron chi connectivity index (χ1n) is 7.93. The van der Waals surface area contributed by atoms with Crippen LogP contribution >= 0.6 is 23.4 Å². The van der Waals surface area contributed by atoms with Gasteiger partial charge in [-0.2, -0.15) is 8.78 Å². The number of rotatable bonds is 8. The van der Waals surface area contributed by atoms with Crippen molar-refractivity contribution in [2.45, 2.75) is 11.8 Å². The molecule has 1 N–H and O–H groups in total. The first kappa shape index (κ1) is 20.1. The van der Waals surface area contributed by atoms with Gasteiger partial charge in [-0.3, -0.25) is 9.89 Å². The molecule has 0 bridgehead atoms. The molecule has 0 aliphatic heterocycles. The maximum absolute atomic E-state index is 12.3. The van der Waals surface area contributed by atoms with Crippen molar-refractivity contribution in [2.24, 2.45) is 0 Å². The van der Waals surface area contributed by atoms with E-state index in [1.54, 1.807) is 18.2 Å². The molecule has 3 rings (SSSR count). The Kier molecular flexibility index (Phi) is 6.48. The van der Waals surface area contributed by atoms with Gasteiger partial charge >= 0.3 is 6.61 Å². The van der Waals surface area contributed by atoms with E-state index < -0.39 is 6.61 Å². The Morgan fingerprint density at radius 2 is 2.00 bits per heavy atom. The molecule has 0 radical (unpaired) electrons. The Hall–Kier alpha value is -2.65. The number of nitrogens with one attached hydrogen (secondary N) is 1. The number of ether oxygens (including phenoxy) is 2. The second-order valence-electron chi connectivity index (χ2n) is 5.43. The number of alkyl halides is 2. The fourth-order valence-electron chi connectivity index (χ4n) is 2.33. The third-order valence-corrected chi connectivity index (χ3v) is 4.70. The van der Waals surface area contributed by atoms with Gasteiger partial charge in [0.1, 0.15) is 11.5 Å². The topological polar surface area (TPSA) is 77.1 Å². The van der Waals surface area contributed by atoms with Crippen molar-refractivity contribution in [1.29, 1.82) is 0 Å². The van der Waals surface area contributed by atoms with Crippen LogP contribution in [0.5, 0.6) is 11.5 Å². The second-order valence-corrected chi connectivity index (χ2v) is 6.80. The zero-order chi connectivity index (χ0) is 20.1. The summed E-state index contributed by atoms with van der Waals surface area (Å²) in [7, 11) is 1.54. The number of aromatic nitrogens is 3. The minimum atomic E-state index is -2.91. The van der Waals surface area contributed by atoms with Crippen LogP contribution in [0.3, 0.4) is 0 Å². The quantitative estimate of drug-likeness (QED) is 0.416. The molecule has 1 heterocycles. The molecular weight excluding hydrogens is 412 g/mol. The third-order valence-electron chi connectivity index (χ3n) is 3.62. The Bertz CT molecular complexity index is 967. The molecule has 2 aromatic carbocycles. The average Bonchev–Trinajstić information content (AvgIpc) is 3.15. The molecule has 0 amide bonds. The van der Waals surface area contributed by atoms with Gasteiger partial charge in [-0.25, -0.2) is 4.98 Å². The monoisotopic (exact) mass is 425 g/mol. The van der Waals surface area contributed by atoms with Crippen LogP contribution < -0.4 is 9.47 Å². The number of hydrogen-bond acceptors (Lipinski definition) is 6. The van der Waals surface area contributed by atoms with Crippen molar-refractivity contribution in [1.82, 2.24) is 15.2 Å². The van der Waals surface area contributed by atoms with Crippen LogP contribution in [-0.2, 0) is 0 Å². The van der Waals surface area contributed by atoms with E-state index in [9.17, 15) is 13.6 Å². The number of benzene rings is 2. The summed E-state index contributed by atoms with van der Waals surface area (Å²) < 4.78 is 33.9. The molecular formula is C18H14ClF2N3O3S. The number of halogens is 3. The van der Waals surface area contributed by atoms with Gasteiger partial charge in [-0.15, -0.1) is 5.10 Å². The van der Waals surface area contributed by atoms with Crippen LogP contribution in [0, 0.1) is 0 Å². The smallest absolute Gasteiger partial charge is 0.387 e. The van der Waals surface area contributed by atoms with Crippen LogP contribution in [0.15, 0.2) is 47.6 Å². The molecule has 0 saturated heterocycles. The second kappa shape index (κ2) is 9.03. The number of thioether (sulfide) groups is 1. The van der Waals surface area contributed by atoms with Crippen molar-refractivity contribution >= 4 is 29.1 Å². The molecule has 0 aliphatic carbocycles. The van der Waals surface area contributed by atoms with E-state index >= 15 is 0 Å². The number of ketones is 1. The first-order chi connectivity index (χ1) is 13.5. The fourth-order valence-corrected chi connectivity index (χ4v) is 3.20. The van der Waals surface area contributed by atoms with E-state index in [1.165, 1.54) is 31.4 Å². The van der Waals surface area contributed by atoms with Gasteiger partial charge in [0.15, 0.2) is 11.6 Å². The number of nitrogens with zero attached hydrogens (tertiary/aromatic N) is 2. The van der Waals surface area contributed by atoms with E-state index in [-0.39, 0.29) is 17.3 Å². The highest BCUT2D eigenvalue weighted by Crippen LogP contribution is 2.31. The van der Waals surface area contributed by atoms with Crippen LogP contribution in [0.2, 0.25) is 5.02 Å². The summed E-state index contributed by atoms with van der Waals surface area (Å²) >= 11 is 7.17. The van der Waals surface area contributed by atoms with Gasteiger partial charge in [-0.1, -0.05) is 23.4 Å². The third kappa shape index (κ3) is 4.99. The molecule has 0 atom stereocenters. The maximum Gasteiger partial charge on any atom is 0.387 e. The summed E-state index contributed by atoms with van der Waals surface area (Å²) in [4.78, 5) is 16.6. The lowest BCUT2D eigenvalue weighted by molar-refractivity contribution is -0.0498. The largest absolute Gasteiger partial charge is 0.496 e.